The molecule has 190 valence electrons. The lowest BCUT2D eigenvalue weighted by Crippen LogP contribution is -2.53. The predicted molar refractivity (Wildman–Crippen MR) is 140 cm³/mol. The molecule has 2 aromatic carbocycles. The van der Waals surface area contributed by atoms with E-state index < -0.39 is 28.5 Å². The molecule has 0 heterocycles. The van der Waals surface area contributed by atoms with Crippen LogP contribution in [0.1, 0.15) is 44.6 Å². The second-order valence-electron chi connectivity index (χ2n) is 8.85. The number of carbonyl (C=O) groups excluding carboxylic acids is 2. The maximum atomic E-state index is 13.6. The summed E-state index contributed by atoms with van der Waals surface area (Å²) < 4.78 is 26.1. The Morgan fingerprint density at radius 2 is 1.60 bits per heavy atom. The largest absolute Gasteiger partial charge is 0.352 e. The third kappa shape index (κ3) is 7.35. The zero-order valence-electron chi connectivity index (χ0n) is 19.9. The summed E-state index contributed by atoms with van der Waals surface area (Å²) >= 11 is 12.7. The molecule has 2 aromatic rings. The van der Waals surface area contributed by atoms with E-state index in [2.05, 4.69) is 5.32 Å². The Bertz CT molecular complexity index is 1120. The van der Waals surface area contributed by atoms with Crippen molar-refractivity contribution in [2.24, 2.45) is 0 Å². The van der Waals surface area contributed by atoms with Crippen molar-refractivity contribution in [1.29, 1.82) is 0 Å². The smallest absolute Gasteiger partial charge is 0.244 e. The van der Waals surface area contributed by atoms with Crippen LogP contribution in [0.25, 0.3) is 0 Å². The van der Waals surface area contributed by atoms with Gasteiger partial charge in [0.15, 0.2) is 0 Å². The maximum absolute atomic E-state index is 13.6. The number of carbonyl (C=O) groups is 2. The summed E-state index contributed by atoms with van der Waals surface area (Å²) in [5.41, 5.74) is 0.852. The van der Waals surface area contributed by atoms with E-state index in [0.717, 1.165) is 42.7 Å². The van der Waals surface area contributed by atoms with Gasteiger partial charge in [-0.15, -0.1) is 0 Å². The summed E-state index contributed by atoms with van der Waals surface area (Å²) in [7, 11) is -3.77. The number of rotatable bonds is 9. The topological polar surface area (TPSA) is 86.8 Å². The Balaban J connectivity index is 1.90. The van der Waals surface area contributed by atoms with Crippen LogP contribution in [-0.2, 0) is 26.2 Å². The SMILES string of the molecule is C[C@H](C(=O)NC1CCCCC1)N(Cc1c(Cl)cccc1Cl)C(=O)CN(c1ccccc1)S(C)(=O)=O. The van der Waals surface area contributed by atoms with E-state index in [-0.39, 0.29) is 18.5 Å². The van der Waals surface area contributed by atoms with Gasteiger partial charge in [0, 0.05) is 28.2 Å². The van der Waals surface area contributed by atoms with Gasteiger partial charge in [-0.3, -0.25) is 13.9 Å². The highest BCUT2D eigenvalue weighted by Gasteiger charge is 2.31. The van der Waals surface area contributed by atoms with E-state index >= 15 is 0 Å². The van der Waals surface area contributed by atoms with Crippen molar-refractivity contribution >= 4 is 50.7 Å². The van der Waals surface area contributed by atoms with E-state index in [1.807, 2.05) is 0 Å². The Morgan fingerprint density at radius 1 is 1.00 bits per heavy atom. The molecule has 0 radical (unpaired) electrons. The van der Waals surface area contributed by atoms with Gasteiger partial charge in [0.1, 0.15) is 12.6 Å². The third-order valence-electron chi connectivity index (χ3n) is 6.23. The number of hydrogen-bond acceptors (Lipinski definition) is 4. The monoisotopic (exact) mass is 539 g/mol. The fourth-order valence-corrected chi connectivity index (χ4v) is 5.58. The number of halogens is 2. The van der Waals surface area contributed by atoms with Gasteiger partial charge in [-0.2, -0.15) is 0 Å². The van der Waals surface area contributed by atoms with E-state index in [4.69, 9.17) is 23.2 Å². The van der Waals surface area contributed by atoms with Gasteiger partial charge in [-0.1, -0.05) is 66.7 Å². The van der Waals surface area contributed by atoms with E-state index in [1.54, 1.807) is 55.5 Å². The average molecular weight is 541 g/mol. The van der Waals surface area contributed by atoms with Gasteiger partial charge in [-0.25, -0.2) is 8.42 Å². The standard InChI is InChI=1S/C25H31Cl2N3O4S/c1-18(25(32)28-19-10-5-3-6-11-19)29(16-21-22(26)14-9-15-23(21)27)24(31)17-30(35(2,33)34)20-12-7-4-8-13-20/h4,7-9,12-15,18-19H,3,5-6,10-11,16-17H2,1-2H3,(H,28,32)/t18-/m1/s1. The van der Waals surface area contributed by atoms with Crippen molar-refractivity contribution in [3.05, 3.63) is 64.1 Å². The van der Waals surface area contributed by atoms with Crippen molar-refractivity contribution in [3.8, 4) is 0 Å². The Morgan fingerprint density at radius 3 is 2.17 bits per heavy atom. The molecule has 0 aromatic heterocycles. The van der Waals surface area contributed by atoms with Crippen LogP contribution in [0.3, 0.4) is 0 Å². The molecule has 0 spiro atoms. The molecule has 1 N–H and O–H groups in total. The number of para-hydroxylation sites is 1. The quantitative estimate of drug-likeness (QED) is 0.503. The van der Waals surface area contributed by atoms with Crippen LogP contribution in [0.5, 0.6) is 0 Å². The molecule has 0 bridgehead atoms. The number of nitrogens with zero attached hydrogens (tertiary/aromatic N) is 2. The van der Waals surface area contributed by atoms with Crippen LogP contribution in [-0.4, -0.2) is 50.0 Å². The Kier molecular flexibility index (Phi) is 9.44. The number of nitrogens with one attached hydrogen (secondary N) is 1. The number of amides is 2. The first-order valence-electron chi connectivity index (χ1n) is 11.6. The van der Waals surface area contributed by atoms with Crippen molar-refractivity contribution < 1.29 is 18.0 Å². The number of sulfonamides is 1. The molecule has 0 aliphatic heterocycles. The first-order valence-corrected chi connectivity index (χ1v) is 14.2. The van der Waals surface area contributed by atoms with Crippen LogP contribution >= 0.6 is 23.2 Å². The highest BCUT2D eigenvalue weighted by molar-refractivity contribution is 7.92. The predicted octanol–water partition coefficient (Wildman–Crippen LogP) is 4.63. The Hall–Kier alpha value is -2.29. The van der Waals surface area contributed by atoms with Crippen LogP contribution < -0.4 is 9.62 Å². The van der Waals surface area contributed by atoms with Crippen LogP contribution in [0.15, 0.2) is 48.5 Å². The molecule has 0 saturated heterocycles. The summed E-state index contributed by atoms with van der Waals surface area (Å²) in [6, 6.07) is 12.6. The molecule has 0 unspecified atom stereocenters. The van der Waals surface area contributed by atoms with Gasteiger partial charge < -0.3 is 10.2 Å². The molecule has 10 heteroatoms. The molecule has 1 saturated carbocycles. The minimum Gasteiger partial charge on any atom is -0.352 e. The van der Waals surface area contributed by atoms with E-state index in [1.165, 1.54) is 4.90 Å². The summed E-state index contributed by atoms with van der Waals surface area (Å²) in [5, 5.41) is 3.77. The van der Waals surface area contributed by atoms with Gasteiger partial charge in [0.2, 0.25) is 21.8 Å². The van der Waals surface area contributed by atoms with Crippen LogP contribution in [0.4, 0.5) is 5.69 Å². The number of benzene rings is 2. The third-order valence-corrected chi connectivity index (χ3v) is 8.08. The first kappa shape index (κ1) is 27.3. The molecular weight excluding hydrogens is 509 g/mol. The molecule has 1 atom stereocenters. The first-order chi connectivity index (χ1) is 16.6. The summed E-state index contributed by atoms with van der Waals surface area (Å²) in [4.78, 5) is 28.1. The van der Waals surface area contributed by atoms with Crippen molar-refractivity contribution in [2.45, 2.75) is 57.7 Å². The van der Waals surface area contributed by atoms with Crippen LogP contribution in [0, 0.1) is 0 Å². The minimum absolute atomic E-state index is 0.0387. The van der Waals surface area contributed by atoms with Crippen molar-refractivity contribution in [1.82, 2.24) is 10.2 Å². The molecule has 35 heavy (non-hydrogen) atoms. The molecule has 3 rings (SSSR count). The minimum atomic E-state index is -3.77. The summed E-state index contributed by atoms with van der Waals surface area (Å²) in [6.07, 6.45) is 6.10. The van der Waals surface area contributed by atoms with E-state index in [9.17, 15) is 18.0 Å². The van der Waals surface area contributed by atoms with Crippen LogP contribution in [0.2, 0.25) is 10.0 Å². The van der Waals surface area contributed by atoms with Gasteiger partial charge in [0.05, 0.1) is 11.9 Å². The zero-order valence-corrected chi connectivity index (χ0v) is 22.2. The summed E-state index contributed by atoms with van der Waals surface area (Å²) in [5.74, 6) is -0.833. The molecule has 7 nitrogen and oxygen atoms in total. The lowest BCUT2D eigenvalue weighted by atomic mass is 9.95. The lowest BCUT2D eigenvalue weighted by molar-refractivity contribution is -0.139. The summed E-state index contributed by atoms with van der Waals surface area (Å²) in [6.45, 7) is 1.13. The highest BCUT2D eigenvalue weighted by atomic mass is 35.5. The molecular formula is C25H31Cl2N3O4S. The molecule has 1 aliphatic rings. The molecule has 1 aliphatic carbocycles. The maximum Gasteiger partial charge on any atom is 0.244 e. The van der Waals surface area contributed by atoms with Crippen molar-refractivity contribution in [3.63, 3.8) is 0 Å². The van der Waals surface area contributed by atoms with Crippen molar-refractivity contribution in [2.75, 3.05) is 17.1 Å². The average Bonchev–Trinajstić information content (AvgIpc) is 2.82. The zero-order chi connectivity index (χ0) is 25.6. The fourth-order valence-electron chi connectivity index (χ4n) is 4.21. The van der Waals surface area contributed by atoms with Gasteiger partial charge in [-0.05, 0) is 44.0 Å². The van der Waals surface area contributed by atoms with E-state index in [0.29, 0.717) is 21.3 Å². The fraction of sp³-hybridized carbons (Fsp3) is 0.440. The number of hydrogen-bond donors (Lipinski definition) is 1. The second-order valence-corrected chi connectivity index (χ2v) is 11.6. The Labute approximate surface area is 217 Å². The van der Waals surface area contributed by atoms with Gasteiger partial charge >= 0.3 is 0 Å². The number of anilines is 1. The lowest BCUT2D eigenvalue weighted by Gasteiger charge is -2.33. The van der Waals surface area contributed by atoms with Gasteiger partial charge in [0.25, 0.3) is 0 Å². The second kappa shape index (κ2) is 12.1. The molecule has 1 fully saturated rings. The highest BCUT2D eigenvalue weighted by Crippen LogP contribution is 2.27. The molecule has 2 amide bonds. The normalized spacial score (nSPS) is 15.3.